The molecular formula is C12H16FNO2. The van der Waals surface area contributed by atoms with Gasteiger partial charge in [0.05, 0.1) is 6.04 Å². The summed E-state index contributed by atoms with van der Waals surface area (Å²) in [5.41, 5.74) is 0.472. The molecule has 0 bridgehead atoms. The Balaban J connectivity index is 2.55. The van der Waals surface area contributed by atoms with E-state index in [1.165, 1.54) is 6.07 Å². The average Bonchev–Trinajstić information content (AvgIpc) is 2.26. The molecule has 0 saturated heterocycles. The van der Waals surface area contributed by atoms with Crippen LogP contribution in [-0.2, 0) is 4.79 Å². The van der Waals surface area contributed by atoms with Crippen LogP contribution >= 0.6 is 0 Å². The number of aliphatic hydroxyl groups is 1. The number of aliphatic hydroxyl groups excluding tert-OH is 1. The molecule has 2 N–H and O–H groups in total. The number of carbonyl (C=O) groups is 1. The first-order valence-corrected chi connectivity index (χ1v) is 5.29. The van der Waals surface area contributed by atoms with E-state index in [4.69, 9.17) is 5.11 Å². The fourth-order valence-electron chi connectivity index (χ4n) is 1.46. The van der Waals surface area contributed by atoms with Crippen molar-refractivity contribution in [3.8, 4) is 0 Å². The lowest BCUT2D eigenvalue weighted by Crippen LogP contribution is -2.27. The topological polar surface area (TPSA) is 49.3 Å². The van der Waals surface area contributed by atoms with Crippen molar-refractivity contribution in [1.29, 1.82) is 0 Å². The molecule has 1 unspecified atom stereocenters. The fraction of sp³-hybridized carbons (Fsp3) is 0.417. The molecule has 0 saturated carbocycles. The van der Waals surface area contributed by atoms with Gasteiger partial charge in [0, 0.05) is 18.6 Å². The van der Waals surface area contributed by atoms with Crippen molar-refractivity contribution in [1.82, 2.24) is 5.32 Å². The molecule has 0 aliphatic heterocycles. The van der Waals surface area contributed by atoms with Crippen LogP contribution in [0.4, 0.5) is 4.39 Å². The summed E-state index contributed by atoms with van der Waals surface area (Å²) in [4.78, 5) is 11.4. The standard InChI is InChI=1S/C12H16FNO2/c1-9(14-12(16)7-4-8-15)10-5-2-3-6-11(10)13/h2-3,5-6,9,15H,4,7-8H2,1H3,(H,14,16). The Kier molecular flexibility index (Phi) is 4.92. The first kappa shape index (κ1) is 12.6. The molecule has 1 rings (SSSR count). The maximum Gasteiger partial charge on any atom is 0.220 e. The van der Waals surface area contributed by atoms with Gasteiger partial charge < -0.3 is 10.4 Å². The van der Waals surface area contributed by atoms with Gasteiger partial charge in [-0.2, -0.15) is 0 Å². The number of nitrogens with one attached hydrogen (secondary N) is 1. The molecule has 0 spiro atoms. The van der Waals surface area contributed by atoms with Crippen molar-refractivity contribution in [2.75, 3.05) is 6.61 Å². The van der Waals surface area contributed by atoms with Gasteiger partial charge >= 0.3 is 0 Å². The van der Waals surface area contributed by atoms with Crippen LogP contribution in [0.15, 0.2) is 24.3 Å². The number of carbonyl (C=O) groups excluding carboxylic acids is 1. The highest BCUT2D eigenvalue weighted by Gasteiger charge is 2.12. The molecule has 0 heterocycles. The predicted octanol–water partition coefficient (Wildman–Crippen LogP) is 1.78. The molecule has 88 valence electrons. The molecule has 0 radical (unpaired) electrons. The minimum atomic E-state index is -0.354. The Morgan fingerprint density at radius 3 is 2.81 bits per heavy atom. The number of hydrogen-bond donors (Lipinski definition) is 2. The van der Waals surface area contributed by atoms with Crippen LogP contribution in [0.5, 0.6) is 0 Å². The van der Waals surface area contributed by atoms with Crippen LogP contribution < -0.4 is 5.32 Å². The summed E-state index contributed by atoms with van der Waals surface area (Å²) < 4.78 is 13.4. The van der Waals surface area contributed by atoms with Crippen LogP contribution in [0.3, 0.4) is 0 Å². The number of hydrogen-bond acceptors (Lipinski definition) is 2. The van der Waals surface area contributed by atoms with E-state index in [0.29, 0.717) is 12.0 Å². The number of benzene rings is 1. The van der Waals surface area contributed by atoms with Gasteiger partial charge in [-0.05, 0) is 19.4 Å². The second-order valence-corrected chi connectivity index (χ2v) is 3.64. The summed E-state index contributed by atoms with van der Waals surface area (Å²) in [7, 11) is 0. The highest BCUT2D eigenvalue weighted by Crippen LogP contribution is 2.15. The third-order valence-electron chi connectivity index (χ3n) is 2.31. The maximum absolute atomic E-state index is 13.4. The van der Waals surface area contributed by atoms with Crippen LogP contribution in [0.2, 0.25) is 0 Å². The monoisotopic (exact) mass is 225 g/mol. The summed E-state index contributed by atoms with van der Waals surface area (Å²) >= 11 is 0. The van der Waals surface area contributed by atoms with Gasteiger partial charge in [-0.25, -0.2) is 4.39 Å². The molecule has 1 aromatic rings. The van der Waals surface area contributed by atoms with E-state index < -0.39 is 0 Å². The van der Waals surface area contributed by atoms with Gasteiger partial charge in [0.15, 0.2) is 0 Å². The molecule has 16 heavy (non-hydrogen) atoms. The fourth-order valence-corrected chi connectivity index (χ4v) is 1.46. The van der Waals surface area contributed by atoms with Crippen LogP contribution in [0.25, 0.3) is 0 Å². The van der Waals surface area contributed by atoms with Gasteiger partial charge in [0.1, 0.15) is 5.82 Å². The molecule has 3 nitrogen and oxygen atoms in total. The summed E-state index contributed by atoms with van der Waals surface area (Å²) in [5.74, 6) is -0.498. The van der Waals surface area contributed by atoms with Crippen molar-refractivity contribution in [2.24, 2.45) is 0 Å². The van der Waals surface area contributed by atoms with Crippen molar-refractivity contribution in [3.63, 3.8) is 0 Å². The van der Waals surface area contributed by atoms with Crippen LogP contribution in [-0.4, -0.2) is 17.6 Å². The van der Waals surface area contributed by atoms with Crippen molar-refractivity contribution in [2.45, 2.75) is 25.8 Å². The van der Waals surface area contributed by atoms with E-state index in [-0.39, 0.29) is 30.8 Å². The highest BCUT2D eigenvalue weighted by atomic mass is 19.1. The Bertz CT molecular complexity index is 355. The molecule has 0 aromatic heterocycles. The predicted molar refractivity (Wildman–Crippen MR) is 59.3 cm³/mol. The van der Waals surface area contributed by atoms with Crippen molar-refractivity contribution < 1.29 is 14.3 Å². The minimum Gasteiger partial charge on any atom is -0.396 e. The summed E-state index contributed by atoms with van der Waals surface area (Å²) in [6.45, 7) is 1.72. The van der Waals surface area contributed by atoms with E-state index in [1.807, 2.05) is 0 Å². The van der Waals surface area contributed by atoms with E-state index in [2.05, 4.69) is 5.32 Å². The zero-order chi connectivity index (χ0) is 12.0. The molecule has 1 atom stereocenters. The molecule has 0 aliphatic carbocycles. The number of amides is 1. The summed E-state index contributed by atoms with van der Waals surface area (Å²) in [5, 5.41) is 11.3. The largest absolute Gasteiger partial charge is 0.396 e. The molecule has 4 heteroatoms. The SMILES string of the molecule is CC(NC(=O)CCCO)c1ccccc1F. The third-order valence-corrected chi connectivity index (χ3v) is 2.31. The Morgan fingerprint density at radius 2 is 2.19 bits per heavy atom. The lowest BCUT2D eigenvalue weighted by atomic mass is 10.1. The first-order chi connectivity index (χ1) is 7.65. The second kappa shape index (κ2) is 6.23. The van der Waals surface area contributed by atoms with Gasteiger partial charge in [-0.3, -0.25) is 4.79 Å². The molecular weight excluding hydrogens is 209 g/mol. The number of rotatable bonds is 5. The first-order valence-electron chi connectivity index (χ1n) is 5.29. The zero-order valence-electron chi connectivity index (χ0n) is 9.24. The maximum atomic E-state index is 13.4. The van der Waals surface area contributed by atoms with Crippen molar-refractivity contribution in [3.05, 3.63) is 35.6 Å². The average molecular weight is 225 g/mol. The Labute approximate surface area is 94.3 Å². The summed E-state index contributed by atoms with van der Waals surface area (Å²) in [6, 6.07) is 6.00. The molecule has 0 fully saturated rings. The van der Waals surface area contributed by atoms with E-state index in [1.54, 1.807) is 25.1 Å². The quantitative estimate of drug-likeness (QED) is 0.802. The molecule has 1 amide bonds. The van der Waals surface area contributed by atoms with Crippen LogP contribution in [0.1, 0.15) is 31.4 Å². The normalized spacial score (nSPS) is 12.2. The lowest BCUT2D eigenvalue weighted by molar-refractivity contribution is -0.122. The van der Waals surface area contributed by atoms with E-state index in [9.17, 15) is 9.18 Å². The zero-order valence-corrected chi connectivity index (χ0v) is 9.24. The van der Waals surface area contributed by atoms with Crippen molar-refractivity contribution >= 4 is 5.91 Å². The molecule has 1 aromatic carbocycles. The summed E-state index contributed by atoms with van der Waals surface area (Å²) in [6.07, 6.45) is 0.686. The van der Waals surface area contributed by atoms with Gasteiger partial charge in [0.2, 0.25) is 5.91 Å². The highest BCUT2D eigenvalue weighted by molar-refractivity contribution is 5.76. The van der Waals surface area contributed by atoms with Crippen LogP contribution in [0, 0.1) is 5.82 Å². The van der Waals surface area contributed by atoms with E-state index >= 15 is 0 Å². The van der Waals surface area contributed by atoms with Gasteiger partial charge in [-0.15, -0.1) is 0 Å². The van der Waals surface area contributed by atoms with E-state index in [0.717, 1.165) is 0 Å². The van der Waals surface area contributed by atoms with Gasteiger partial charge in [-0.1, -0.05) is 18.2 Å². The molecule has 0 aliphatic rings. The lowest BCUT2D eigenvalue weighted by Gasteiger charge is -2.14. The number of halogens is 1. The second-order valence-electron chi connectivity index (χ2n) is 3.64. The third kappa shape index (κ3) is 3.62. The Morgan fingerprint density at radius 1 is 1.50 bits per heavy atom. The Hall–Kier alpha value is -1.42. The smallest absolute Gasteiger partial charge is 0.220 e. The van der Waals surface area contributed by atoms with Gasteiger partial charge in [0.25, 0.3) is 0 Å². The minimum absolute atomic E-state index is 0.0124.